The van der Waals surface area contributed by atoms with Gasteiger partial charge in [0, 0.05) is 74.9 Å². The topological polar surface area (TPSA) is 74.7 Å². The molecular formula is C24H32N6O2. The van der Waals surface area contributed by atoms with Crippen molar-refractivity contribution in [3.63, 3.8) is 0 Å². The number of hydrogen-bond acceptors (Lipinski definition) is 7. The fraction of sp³-hybridized carbons (Fsp3) is 0.583. The van der Waals surface area contributed by atoms with Crippen LogP contribution in [-0.2, 0) is 4.74 Å². The van der Waals surface area contributed by atoms with E-state index in [4.69, 9.17) is 4.74 Å². The normalized spacial score (nSPS) is 25.1. The van der Waals surface area contributed by atoms with Gasteiger partial charge >= 0.3 is 6.09 Å². The highest BCUT2D eigenvalue weighted by molar-refractivity contribution is 5.72. The molecule has 1 amide bonds. The zero-order valence-electron chi connectivity index (χ0n) is 19.0. The average Bonchev–Trinajstić information content (AvgIpc) is 3.16. The standard InChI is InChI=1S/C24H32N6O2/c1-3-32-23(31)30-16-24(17-30)14-19(13-18(24)2)28-9-11-29(12-10-28)22-20(5-4-6-27-22)21-15-25-7-8-26-21/h4-8,15,18-19H,3,9-14,16-17H2,1-2H3/t18-,19?/m1/s1. The van der Waals surface area contributed by atoms with E-state index in [0.29, 0.717) is 18.6 Å². The third kappa shape index (κ3) is 3.81. The number of hydrogen-bond donors (Lipinski definition) is 0. The Labute approximate surface area is 189 Å². The smallest absolute Gasteiger partial charge is 0.409 e. The first kappa shape index (κ1) is 21.1. The highest BCUT2D eigenvalue weighted by Crippen LogP contribution is 2.51. The molecule has 1 unspecified atom stereocenters. The van der Waals surface area contributed by atoms with Crippen molar-refractivity contribution in [3.8, 4) is 11.3 Å². The van der Waals surface area contributed by atoms with Crippen molar-refractivity contribution in [2.24, 2.45) is 11.3 Å². The maximum atomic E-state index is 12.0. The average molecular weight is 437 g/mol. The molecule has 3 aliphatic rings. The van der Waals surface area contributed by atoms with Crippen LogP contribution in [0.2, 0.25) is 0 Å². The molecule has 8 nitrogen and oxygen atoms in total. The van der Waals surface area contributed by atoms with Gasteiger partial charge in [-0.2, -0.15) is 0 Å². The molecule has 0 bridgehead atoms. The molecule has 0 N–H and O–H groups in total. The summed E-state index contributed by atoms with van der Waals surface area (Å²) in [4.78, 5) is 32.3. The van der Waals surface area contributed by atoms with Gasteiger partial charge in [-0.15, -0.1) is 0 Å². The molecule has 1 spiro atoms. The molecule has 32 heavy (non-hydrogen) atoms. The summed E-state index contributed by atoms with van der Waals surface area (Å²) in [5.41, 5.74) is 2.17. The number of amides is 1. The fourth-order valence-electron chi connectivity index (χ4n) is 5.77. The molecule has 1 saturated carbocycles. The summed E-state index contributed by atoms with van der Waals surface area (Å²) in [6.45, 7) is 10.3. The molecule has 2 aliphatic heterocycles. The van der Waals surface area contributed by atoms with Crippen molar-refractivity contribution in [3.05, 3.63) is 36.9 Å². The number of anilines is 1. The second-order valence-corrected chi connectivity index (χ2v) is 9.40. The second-order valence-electron chi connectivity index (χ2n) is 9.40. The Kier molecular flexibility index (Phi) is 5.71. The summed E-state index contributed by atoms with van der Waals surface area (Å²) in [6, 6.07) is 4.63. The Hall–Kier alpha value is -2.74. The lowest BCUT2D eigenvalue weighted by molar-refractivity contribution is -0.0244. The first-order valence-electron chi connectivity index (χ1n) is 11.7. The van der Waals surface area contributed by atoms with Gasteiger partial charge < -0.3 is 14.5 Å². The maximum absolute atomic E-state index is 12.0. The lowest BCUT2D eigenvalue weighted by Gasteiger charge is -2.50. The van der Waals surface area contributed by atoms with E-state index in [1.54, 1.807) is 18.6 Å². The van der Waals surface area contributed by atoms with Gasteiger partial charge in [-0.05, 0) is 37.8 Å². The molecule has 2 aromatic rings. The number of pyridine rings is 1. The van der Waals surface area contributed by atoms with Gasteiger partial charge in [0.15, 0.2) is 0 Å². The number of nitrogens with zero attached hydrogens (tertiary/aromatic N) is 6. The third-order valence-electron chi connectivity index (χ3n) is 7.61. The Morgan fingerprint density at radius 3 is 2.69 bits per heavy atom. The maximum Gasteiger partial charge on any atom is 0.409 e. The Balaban J connectivity index is 1.20. The third-order valence-corrected chi connectivity index (χ3v) is 7.61. The zero-order chi connectivity index (χ0) is 22.1. The number of likely N-dealkylation sites (tertiary alicyclic amines) is 1. The van der Waals surface area contributed by atoms with Gasteiger partial charge in [0.05, 0.1) is 18.5 Å². The summed E-state index contributed by atoms with van der Waals surface area (Å²) in [5.74, 6) is 1.63. The molecule has 0 aromatic carbocycles. The van der Waals surface area contributed by atoms with E-state index in [0.717, 1.165) is 56.3 Å². The molecule has 4 heterocycles. The van der Waals surface area contributed by atoms with Crippen molar-refractivity contribution in [1.82, 2.24) is 24.8 Å². The first-order valence-corrected chi connectivity index (χ1v) is 11.7. The first-order chi connectivity index (χ1) is 15.6. The molecule has 8 heteroatoms. The van der Waals surface area contributed by atoms with E-state index in [1.807, 2.05) is 24.1 Å². The van der Waals surface area contributed by atoms with E-state index in [-0.39, 0.29) is 11.5 Å². The van der Waals surface area contributed by atoms with Crippen LogP contribution in [0.15, 0.2) is 36.9 Å². The van der Waals surface area contributed by atoms with Crippen LogP contribution in [-0.4, -0.2) is 82.8 Å². The van der Waals surface area contributed by atoms with Crippen LogP contribution in [0.3, 0.4) is 0 Å². The van der Waals surface area contributed by atoms with E-state index >= 15 is 0 Å². The molecule has 2 aromatic heterocycles. The molecular weight excluding hydrogens is 404 g/mol. The predicted octanol–water partition coefficient (Wildman–Crippen LogP) is 2.92. The Bertz CT molecular complexity index is 941. The van der Waals surface area contributed by atoms with Gasteiger partial charge in [-0.1, -0.05) is 6.92 Å². The summed E-state index contributed by atoms with van der Waals surface area (Å²) < 4.78 is 5.18. The van der Waals surface area contributed by atoms with Crippen molar-refractivity contribution in [2.75, 3.05) is 50.8 Å². The Morgan fingerprint density at radius 1 is 1.16 bits per heavy atom. The second kappa shape index (κ2) is 8.65. The van der Waals surface area contributed by atoms with Crippen LogP contribution >= 0.6 is 0 Å². The van der Waals surface area contributed by atoms with Crippen LogP contribution in [0.1, 0.15) is 26.7 Å². The summed E-state index contributed by atoms with van der Waals surface area (Å²) in [6.07, 6.45) is 9.32. The minimum Gasteiger partial charge on any atom is -0.450 e. The van der Waals surface area contributed by atoms with E-state index in [1.165, 1.54) is 12.8 Å². The highest BCUT2D eigenvalue weighted by atomic mass is 16.6. The van der Waals surface area contributed by atoms with Gasteiger partial charge in [-0.3, -0.25) is 14.9 Å². The molecule has 170 valence electrons. The molecule has 1 aliphatic carbocycles. The van der Waals surface area contributed by atoms with Gasteiger partial charge in [-0.25, -0.2) is 9.78 Å². The van der Waals surface area contributed by atoms with Crippen LogP contribution in [0.4, 0.5) is 10.6 Å². The van der Waals surface area contributed by atoms with Crippen molar-refractivity contribution >= 4 is 11.9 Å². The van der Waals surface area contributed by atoms with E-state index in [2.05, 4.69) is 37.7 Å². The van der Waals surface area contributed by atoms with Crippen LogP contribution in [0.5, 0.6) is 0 Å². The highest BCUT2D eigenvalue weighted by Gasteiger charge is 2.55. The SMILES string of the molecule is CCOC(=O)N1CC2(CC(N3CCN(c4ncccc4-c4cnccn4)CC3)C[C@H]2C)C1. The largest absolute Gasteiger partial charge is 0.450 e. The van der Waals surface area contributed by atoms with Crippen molar-refractivity contribution in [1.29, 1.82) is 0 Å². The summed E-state index contributed by atoms with van der Waals surface area (Å²) in [7, 11) is 0. The van der Waals surface area contributed by atoms with Gasteiger partial charge in [0.2, 0.25) is 0 Å². The van der Waals surface area contributed by atoms with Gasteiger partial charge in [0.25, 0.3) is 0 Å². The van der Waals surface area contributed by atoms with Crippen LogP contribution in [0, 0.1) is 11.3 Å². The summed E-state index contributed by atoms with van der Waals surface area (Å²) in [5, 5.41) is 0. The number of carbonyl (C=O) groups is 1. The fourth-order valence-corrected chi connectivity index (χ4v) is 5.77. The molecule has 2 saturated heterocycles. The number of aromatic nitrogens is 3. The minimum absolute atomic E-state index is 0.156. The lowest BCUT2D eigenvalue weighted by Crippen LogP contribution is -2.60. The molecule has 2 atom stereocenters. The minimum atomic E-state index is -0.156. The molecule has 0 radical (unpaired) electrons. The predicted molar refractivity (Wildman–Crippen MR) is 122 cm³/mol. The quantitative estimate of drug-likeness (QED) is 0.729. The lowest BCUT2D eigenvalue weighted by atomic mass is 9.72. The van der Waals surface area contributed by atoms with Gasteiger partial charge in [0.1, 0.15) is 5.82 Å². The van der Waals surface area contributed by atoms with Crippen LogP contribution < -0.4 is 4.90 Å². The van der Waals surface area contributed by atoms with Crippen molar-refractivity contribution in [2.45, 2.75) is 32.7 Å². The number of ether oxygens (including phenoxy) is 1. The summed E-state index contributed by atoms with van der Waals surface area (Å²) >= 11 is 0. The number of carbonyl (C=O) groups excluding carboxylic acids is 1. The van der Waals surface area contributed by atoms with E-state index < -0.39 is 0 Å². The van der Waals surface area contributed by atoms with Crippen LogP contribution in [0.25, 0.3) is 11.3 Å². The monoisotopic (exact) mass is 436 g/mol. The molecule has 3 fully saturated rings. The zero-order valence-corrected chi connectivity index (χ0v) is 19.0. The van der Waals surface area contributed by atoms with Crippen molar-refractivity contribution < 1.29 is 9.53 Å². The number of piperazine rings is 1. The van der Waals surface area contributed by atoms with E-state index in [9.17, 15) is 4.79 Å². The molecule has 5 rings (SSSR count). The Morgan fingerprint density at radius 2 is 1.97 bits per heavy atom. The number of rotatable bonds is 4.